The summed E-state index contributed by atoms with van der Waals surface area (Å²) in [7, 11) is 0. The third-order valence-electron chi connectivity index (χ3n) is 11.2. The van der Waals surface area contributed by atoms with Crippen LogP contribution in [0.1, 0.15) is 13.3 Å². The summed E-state index contributed by atoms with van der Waals surface area (Å²) in [5.41, 5.74) is 12.1. The average molecular weight is 705 g/mol. The lowest BCUT2D eigenvalue weighted by Crippen LogP contribution is -2.05. The molecule has 0 bridgehead atoms. The molecule has 0 radical (unpaired) electrons. The van der Waals surface area contributed by atoms with Gasteiger partial charge in [0.05, 0.1) is 33.5 Å². The Balaban J connectivity index is 1.27. The first-order valence-corrected chi connectivity index (χ1v) is 19.1. The van der Waals surface area contributed by atoms with Gasteiger partial charge in [-0.1, -0.05) is 153 Å². The smallest absolute Gasteiger partial charge is 0.235 e. The lowest BCUT2D eigenvalue weighted by Gasteiger charge is -2.19. The molecule has 0 saturated carbocycles. The molecular formula is C51H36N4. The van der Waals surface area contributed by atoms with Gasteiger partial charge in [-0.25, -0.2) is 9.97 Å². The number of benzene rings is 7. The van der Waals surface area contributed by atoms with E-state index in [9.17, 15) is 0 Å². The zero-order chi connectivity index (χ0) is 36.5. The lowest BCUT2D eigenvalue weighted by molar-refractivity contribution is 0.730. The second kappa shape index (κ2) is 12.5. The fourth-order valence-electron chi connectivity index (χ4n) is 8.76. The summed E-state index contributed by atoms with van der Waals surface area (Å²) < 4.78 is 4.80. The molecule has 10 aromatic rings. The Morgan fingerprint density at radius 3 is 1.76 bits per heavy atom. The topological polar surface area (TPSA) is 35.6 Å². The molecule has 1 aliphatic carbocycles. The molecule has 3 aromatic heterocycles. The highest BCUT2D eigenvalue weighted by Crippen LogP contribution is 2.44. The maximum absolute atomic E-state index is 5.38. The lowest BCUT2D eigenvalue weighted by atomic mass is 9.94. The van der Waals surface area contributed by atoms with Crippen molar-refractivity contribution in [2.45, 2.75) is 13.3 Å². The highest BCUT2D eigenvalue weighted by molar-refractivity contribution is 6.22. The maximum Gasteiger partial charge on any atom is 0.235 e. The summed E-state index contributed by atoms with van der Waals surface area (Å²) in [5.74, 6) is 1.12. The van der Waals surface area contributed by atoms with Crippen molar-refractivity contribution in [3.63, 3.8) is 0 Å². The minimum atomic E-state index is 0.472. The van der Waals surface area contributed by atoms with Crippen molar-refractivity contribution >= 4 is 60.1 Å². The van der Waals surface area contributed by atoms with Gasteiger partial charge >= 0.3 is 0 Å². The SMILES string of the molecule is CC1C=CC=C(n2c3ccccc3c3ccc(-c4c5ccccc5cc5c6ccccc6n(-c6nc(-c7ccccc7)cc(-c7ccccc7)n6)c45)cc32)C1. The molecular weight excluding hydrogens is 669 g/mol. The summed E-state index contributed by atoms with van der Waals surface area (Å²) in [5, 5.41) is 7.26. The normalized spacial score (nSPS) is 14.4. The summed E-state index contributed by atoms with van der Waals surface area (Å²) >= 11 is 0. The van der Waals surface area contributed by atoms with Gasteiger partial charge < -0.3 is 4.57 Å². The summed E-state index contributed by atoms with van der Waals surface area (Å²) in [6.45, 7) is 2.30. The molecule has 1 unspecified atom stereocenters. The van der Waals surface area contributed by atoms with Crippen molar-refractivity contribution in [3.05, 3.63) is 182 Å². The Morgan fingerprint density at radius 1 is 0.491 bits per heavy atom. The highest BCUT2D eigenvalue weighted by Gasteiger charge is 2.23. The van der Waals surface area contributed by atoms with Crippen LogP contribution in [-0.4, -0.2) is 19.1 Å². The summed E-state index contributed by atoms with van der Waals surface area (Å²) in [6, 6.07) is 58.7. The molecule has 11 rings (SSSR count). The molecule has 0 fully saturated rings. The van der Waals surface area contributed by atoms with E-state index in [0.29, 0.717) is 11.9 Å². The van der Waals surface area contributed by atoms with Crippen molar-refractivity contribution in [2.24, 2.45) is 5.92 Å². The number of para-hydroxylation sites is 2. The van der Waals surface area contributed by atoms with Crippen molar-refractivity contribution in [2.75, 3.05) is 0 Å². The van der Waals surface area contributed by atoms with Crippen LogP contribution >= 0.6 is 0 Å². The third kappa shape index (κ3) is 5.06. The standard InChI is InChI=1S/C51H36N4/c1-33-15-14-21-38(29-33)54-46-25-12-10-23-40(46)42-28-27-37(31-48(42)54)49-39-22-9-8-20-36(39)30-43-41-24-11-13-26-47(41)55(50(43)49)51-52-44(34-16-4-2-5-17-34)32-45(53-51)35-18-6-3-7-19-35/h2-28,30-33H,29H2,1H3. The van der Waals surface area contributed by atoms with Gasteiger partial charge in [-0.05, 0) is 65.1 Å². The monoisotopic (exact) mass is 704 g/mol. The van der Waals surface area contributed by atoms with E-state index in [4.69, 9.17) is 9.97 Å². The van der Waals surface area contributed by atoms with Crippen LogP contribution in [0, 0.1) is 5.92 Å². The predicted octanol–water partition coefficient (Wildman–Crippen LogP) is 13.3. The van der Waals surface area contributed by atoms with E-state index in [2.05, 4.69) is 186 Å². The van der Waals surface area contributed by atoms with Gasteiger partial charge in [-0.15, -0.1) is 0 Å². The Labute approximate surface area is 319 Å². The minimum absolute atomic E-state index is 0.472. The Kier molecular flexibility index (Phi) is 7.17. The molecule has 0 saturated heterocycles. The number of hydrogen-bond donors (Lipinski definition) is 0. The van der Waals surface area contributed by atoms with Crippen molar-refractivity contribution in [1.29, 1.82) is 0 Å². The largest absolute Gasteiger partial charge is 0.313 e. The van der Waals surface area contributed by atoms with Crippen LogP contribution in [0.4, 0.5) is 0 Å². The Bertz CT molecular complexity index is 3120. The van der Waals surface area contributed by atoms with Crippen LogP contribution in [0.3, 0.4) is 0 Å². The number of allylic oxidation sites excluding steroid dienone is 4. The van der Waals surface area contributed by atoms with Gasteiger partial charge in [0.2, 0.25) is 5.95 Å². The molecule has 0 N–H and O–H groups in total. The van der Waals surface area contributed by atoms with Gasteiger partial charge in [-0.2, -0.15) is 0 Å². The van der Waals surface area contributed by atoms with Crippen LogP contribution < -0.4 is 0 Å². The van der Waals surface area contributed by atoms with E-state index in [1.807, 2.05) is 12.1 Å². The molecule has 0 spiro atoms. The van der Waals surface area contributed by atoms with Crippen molar-refractivity contribution in [3.8, 4) is 39.6 Å². The zero-order valence-corrected chi connectivity index (χ0v) is 30.4. The number of aromatic nitrogens is 4. The second-order valence-corrected chi connectivity index (χ2v) is 14.7. The van der Waals surface area contributed by atoms with E-state index in [-0.39, 0.29) is 0 Å². The Morgan fingerprint density at radius 2 is 1.07 bits per heavy atom. The maximum atomic E-state index is 5.38. The van der Waals surface area contributed by atoms with Crippen LogP contribution in [0.15, 0.2) is 182 Å². The van der Waals surface area contributed by atoms with Gasteiger partial charge in [0.15, 0.2) is 0 Å². The van der Waals surface area contributed by atoms with Crippen LogP contribution in [0.25, 0.3) is 99.7 Å². The van der Waals surface area contributed by atoms with Crippen LogP contribution in [-0.2, 0) is 0 Å². The fraction of sp³-hybridized carbons (Fsp3) is 0.0588. The number of rotatable bonds is 5. The molecule has 4 nitrogen and oxygen atoms in total. The van der Waals surface area contributed by atoms with Crippen LogP contribution in [0.2, 0.25) is 0 Å². The van der Waals surface area contributed by atoms with E-state index in [1.54, 1.807) is 0 Å². The van der Waals surface area contributed by atoms with E-state index >= 15 is 0 Å². The average Bonchev–Trinajstić information content (AvgIpc) is 3.75. The molecule has 0 aliphatic heterocycles. The molecule has 55 heavy (non-hydrogen) atoms. The molecule has 1 aliphatic rings. The first-order valence-electron chi connectivity index (χ1n) is 19.1. The molecule has 7 aromatic carbocycles. The van der Waals surface area contributed by atoms with Crippen molar-refractivity contribution in [1.82, 2.24) is 19.1 Å². The summed E-state index contributed by atoms with van der Waals surface area (Å²) in [4.78, 5) is 10.8. The van der Waals surface area contributed by atoms with Gasteiger partial charge in [-0.3, -0.25) is 4.57 Å². The molecule has 0 amide bonds. The van der Waals surface area contributed by atoms with Crippen molar-refractivity contribution < 1.29 is 0 Å². The van der Waals surface area contributed by atoms with Crippen LogP contribution in [0.5, 0.6) is 0 Å². The fourth-order valence-corrected chi connectivity index (χ4v) is 8.76. The molecule has 4 heteroatoms. The first-order chi connectivity index (χ1) is 27.2. The van der Waals surface area contributed by atoms with E-state index < -0.39 is 0 Å². The molecule has 260 valence electrons. The number of fused-ring (bicyclic) bond motifs is 7. The molecule has 1 atom stereocenters. The zero-order valence-electron chi connectivity index (χ0n) is 30.4. The minimum Gasteiger partial charge on any atom is -0.313 e. The van der Waals surface area contributed by atoms with Gasteiger partial charge in [0, 0.05) is 43.9 Å². The highest BCUT2D eigenvalue weighted by atomic mass is 15.2. The summed E-state index contributed by atoms with van der Waals surface area (Å²) in [6.07, 6.45) is 7.79. The predicted molar refractivity (Wildman–Crippen MR) is 230 cm³/mol. The quantitative estimate of drug-likeness (QED) is 0.179. The number of hydrogen-bond acceptors (Lipinski definition) is 2. The third-order valence-corrected chi connectivity index (χ3v) is 11.2. The Hall–Kier alpha value is -7.04. The number of nitrogens with zero attached hydrogens (tertiary/aromatic N) is 4. The second-order valence-electron chi connectivity index (χ2n) is 14.7. The van der Waals surface area contributed by atoms with E-state index in [1.165, 1.54) is 54.6 Å². The van der Waals surface area contributed by atoms with Gasteiger partial charge in [0.25, 0.3) is 0 Å². The van der Waals surface area contributed by atoms with E-state index in [0.717, 1.165) is 45.5 Å². The first kappa shape index (κ1) is 31.5. The molecule has 3 heterocycles. The van der Waals surface area contributed by atoms with Gasteiger partial charge in [0.1, 0.15) is 0 Å².